The van der Waals surface area contributed by atoms with Crippen LogP contribution in [0.15, 0.2) is 52.4 Å². The van der Waals surface area contributed by atoms with Crippen molar-refractivity contribution in [3.05, 3.63) is 48.0 Å². The molecular formula is C23H32ClN3O5S. The van der Waals surface area contributed by atoms with Crippen LogP contribution in [-0.4, -0.2) is 45.9 Å². The number of carbonyl (C=O) groups excluding carboxylic acids is 1. The van der Waals surface area contributed by atoms with Crippen molar-refractivity contribution in [2.45, 2.75) is 43.3 Å². The molecule has 0 radical (unpaired) electrons. The van der Waals surface area contributed by atoms with Gasteiger partial charge in [-0.1, -0.05) is 24.3 Å². The number of guanidine groups is 1. The molecule has 0 bridgehead atoms. The molecule has 2 aromatic rings. The quantitative estimate of drug-likeness (QED) is 0.276. The maximum Gasteiger partial charge on any atom is 0.249 e. The summed E-state index contributed by atoms with van der Waals surface area (Å²) in [6.45, 7) is 4.35. The molecule has 8 nitrogen and oxygen atoms in total. The maximum absolute atomic E-state index is 12.4. The second-order valence-corrected chi connectivity index (χ2v) is 10.1. The van der Waals surface area contributed by atoms with E-state index < -0.39 is 21.0 Å². The Kier molecular flexibility index (Phi) is 11.3. The van der Waals surface area contributed by atoms with Gasteiger partial charge in [0, 0.05) is 32.1 Å². The SMILES string of the molecule is COCCCOc1cc(CCC(=O)N=C(N)N)ccc1-c1ccc(S(=O)(=O)C(C)C)cc1.Cl. The minimum Gasteiger partial charge on any atom is -0.493 e. The van der Waals surface area contributed by atoms with Gasteiger partial charge >= 0.3 is 0 Å². The van der Waals surface area contributed by atoms with E-state index in [1.807, 2.05) is 18.2 Å². The minimum atomic E-state index is -3.34. The summed E-state index contributed by atoms with van der Waals surface area (Å²) in [7, 11) is -1.71. The first-order valence-electron chi connectivity index (χ1n) is 10.4. The van der Waals surface area contributed by atoms with Crippen LogP contribution < -0.4 is 16.2 Å². The van der Waals surface area contributed by atoms with E-state index in [1.165, 1.54) is 0 Å². The lowest BCUT2D eigenvalue weighted by Crippen LogP contribution is -2.24. The summed E-state index contributed by atoms with van der Waals surface area (Å²) in [6, 6.07) is 12.5. The van der Waals surface area contributed by atoms with Crippen LogP contribution >= 0.6 is 12.4 Å². The molecule has 0 atom stereocenters. The molecule has 10 heteroatoms. The monoisotopic (exact) mass is 497 g/mol. The number of hydrogen-bond acceptors (Lipinski definition) is 5. The summed E-state index contributed by atoms with van der Waals surface area (Å²) < 4.78 is 35.9. The van der Waals surface area contributed by atoms with Crippen molar-refractivity contribution in [3.63, 3.8) is 0 Å². The number of ether oxygens (including phenoxy) is 2. The number of sulfone groups is 1. The van der Waals surface area contributed by atoms with Crippen LogP contribution in [0.1, 0.15) is 32.3 Å². The van der Waals surface area contributed by atoms with Gasteiger partial charge in [0.1, 0.15) is 5.75 Å². The van der Waals surface area contributed by atoms with E-state index in [0.717, 1.165) is 16.7 Å². The van der Waals surface area contributed by atoms with Crippen LogP contribution in [0.25, 0.3) is 11.1 Å². The molecule has 2 aromatic carbocycles. The standard InChI is InChI=1S/C23H31N3O5S.ClH/c1-16(2)32(28,29)19-9-7-18(8-10-19)20-11-5-17(6-12-22(27)26-23(24)25)15-21(20)31-14-4-13-30-3;/h5,7-11,15-16H,4,6,12-14H2,1-3H3,(H4,24,25,26,27);1H. The van der Waals surface area contributed by atoms with Gasteiger partial charge in [0.15, 0.2) is 15.8 Å². The number of nitrogens with zero attached hydrogens (tertiary/aromatic N) is 1. The highest BCUT2D eigenvalue weighted by Gasteiger charge is 2.19. The third kappa shape index (κ3) is 8.34. The van der Waals surface area contributed by atoms with Gasteiger partial charge in [-0.2, -0.15) is 4.99 Å². The molecule has 0 aliphatic heterocycles. The molecule has 2 rings (SSSR count). The Morgan fingerprint density at radius 3 is 2.30 bits per heavy atom. The molecule has 0 saturated carbocycles. The highest BCUT2D eigenvalue weighted by atomic mass is 35.5. The van der Waals surface area contributed by atoms with E-state index in [-0.39, 0.29) is 29.7 Å². The zero-order chi connectivity index (χ0) is 23.7. The van der Waals surface area contributed by atoms with Crippen molar-refractivity contribution in [2.24, 2.45) is 16.5 Å². The second kappa shape index (κ2) is 13.2. The molecule has 4 N–H and O–H groups in total. The van der Waals surface area contributed by atoms with Crippen molar-refractivity contribution in [1.82, 2.24) is 0 Å². The summed E-state index contributed by atoms with van der Waals surface area (Å²) in [4.78, 5) is 15.6. The third-order valence-corrected chi connectivity index (χ3v) is 6.96. The van der Waals surface area contributed by atoms with Crippen molar-refractivity contribution in [1.29, 1.82) is 0 Å². The smallest absolute Gasteiger partial charge is 0.249 e. The van der Waals surface area contributed by atoms with Crippen molar-refractivity contribution in [2.75, 3.05) is 20.3 Å². The molecule has 0 spiro atoms. The molecule has 0 aliphatic rings. The van der Waals surface area contributed by atoms with Crippen LogP contribution in [0, 0.1) is 0 Å². The topological polar surface area (TPSA) is 134 Å². The van der Waals surface area contributed by atoms with Crippen LogP contribution in [-0.2, 0) is 25.8 Å². The lowest BCUT2D eigenvalue weighted by molar-refractivity contribution is -0.117. The fourth-order valence-electron chi connectivity index (χ4n) is 3.01. The minimum absolute atomic E-state index is 0. The zero-order valence-corrected chi connectivity index (χ0v) is 20.7. The number of carbonyl (C=O) groups is 1. The molecule has 0 saturated heterocycles. The summed E-state index contributed by atoms with van der Waals surface area (Å²) in [5.41, 5.74) is 13.0. The number of aliphatic imine (C=N–C) groups is 1. The highest BCUT2D eigenvalue weighted by Crippen LogP contribution is 2.32. The number of rotatable bonds is 11. The average Bonchev–Trinajstić information content (AvgIpc) is 2.75. The van der Waals surface area contributed by atoms with Gasteiger partial charge in [0.05, 0.1) is 16.8 Å². The van der Waals surface area contributed by atoms with Crippen LogP contribution in [0.4, 0.5) is 0 Å². The van der Waals surface area contributed by atoms with E-state index in [9.17, 15) is 13.2 Å². The van der Waals surface area contributed by atoms with E-state index >= 15 is 0 Å². The Morgan fingerprint density at radius 2 is 1.73 bits per heavy atom. The fourth-order valence-corrected chi connectivity index (χ4v) is 4.07. The van der Waals surface area contributed by atoms with Crippen molar-refractivity contribution < 1.29 is 22.7 Å². The number of amides is 1. The zero-order valence-electron chi connectivity index (χ0n) is 19.1. The van der Waals surface area contributed by atoms with E-state index in [0.29, 0.717) is 31.8 Å². The predicted molar refractivity (Wildman–Crippen MR) is 133 cm³/mol. The number of nitrogens with two attached hydrogens (primary N) is 2. The average molecular weight is 498 g/mol. The summed E-state index contributed by atoms with van der Waals surface area (Å²) >= 11 is 0. The van der Waals surface area contributed by atoms with Crippen molar-refractivity contribution in [3.8, 4) is 16.9 Å². The third-order valence-electron chi connectivity index (χ3n) is 4.79. The van der Waals surface area contributed by atoms with Gasteiger partial charge in [-0.05, 0) is 49.6 Å². The Hall–Kier alpha value is -2.62. The second-order valence-electron chi connectivity index (χ2n) is 7.57. The van der Waals surface area contributed by atoms with Gasteiger partial charge in [-0.3, -0.25) is 4.79 Å². The number of halogens is 1. The van der Waals surface area contributed by atoms with Gasteiger partial charge in [-0.25, -0.2) is 8.42 Å². The molecule has 0 unspecified atom stereocenters. The van der Waals surface area contributed by atoms with Crippen LogP contribution in [0.3, 0.4) is 0 Å². The first kappa shape index (κ1) is 28.4. The predicted octanol–water partition coefficient (Wildman–Crippen LogP) is 3.11. The molecule has 0 aromatic heterocycles. The van der Waals surface area contributed by atoms with Crippen LogP contribution in [0.5, 0.6) is 5.75 Å². The van der Waals surface area contributed by atoms with E-state index in [1.54, 1.807) is 45.2 Å². The molecular weight excluding hydrogens is 466 g/mol. The summed E-state index contributed by atoms with van der Waals surface area (Å²) in [6.07, 6.45) is 1.34. The molecule has 33 heavy (non-hydrogen) atoms. The Labute approximate surface area is 201 Å². The largest absolute Gasteiger partial charge is 0.493 e. The molecule has 0 heterocycles. The highest BCUT2D eigenvalue weighted by molar-refractivity contribution is 7.92. The number of benzene rings is 2. The first-order valence-corrected chi connectivity index (χ1v) is 11.9. The van der Waals surface area contributed by atoms with E-state index in [4.69, 9.17) is 20.9 Å². The first-order chi connectivity index (χ1) is 15.1. The summed E-state index contributed by atoms with van der Waals surface area (Å²) in [5, 5.41) is -0.492. The van der Waals surface area contributed by atoms with Crippen LogP contribution in [0.2, 0.25) is 0 Å². The van der Waals surface area contributed by atoms with Gasteiger partial charge < -0.3 is 20.9 Å². The molecule has 182 valence electrons. The molecule has 1 amide bonds. The fraction of sp³-hybridized carbons (Fsp3) is 0.391. The van der Waals surface area contributed by atoms with E-state index in [2.05, 4.69) is 4.99 Å². The van der Waals surface area contributed by atoms with Crippen molar-refractivity contribution >= 4 is 34.1 Å². The Morgan fingerprint density at radius 1 is 1.06 bits per heavy atom. The molecule has 0 fully saturated rings. The Balaban J connectivity index is 0.00000544. The van der Waals surface area contributed by atoms with Gasteiger partial charge in [0.25, 0.3) is 0 Å². The normalized spacial score (nSPS) is 11.0. The lowest BCUT2D eigenvalue weighted by Gasteiger charge is -2.14. The van der Waals surface area contributed by atoms with Gasteiger partial charge in [0.2, 0.25) is 5.91 Å². The maximum atomic E-state index is 12.4. The number of hydrogen-bond donors (Lipinski definition) is 2. The number of aryl methyl sites for hydroxylation is 1. The summed E-state index contributed by atoms with van der Waals surface area (Å²) in [5.74, 6) is 0.00129. The lowest BCUT2D eigenvalue weighted by atomic mass is 10.0. The number of methoxy groups -OCH3 is 1. The van der Waals surface area contributed by atoms with Gasteiger partial charge in [-0.15, -0.1) is 12.4 Å². The molecule has 0 aliphatic carbocycles. The Bertz CT molecular complexity index is 1050.